The monoisotopic (exact) mass is 262 g/mol. The highest BCUT2D eigenvalue weighted by Gasteiger charge is 2.22. The van der Waals surface area contributed by atoms with Crippen LogP contribution in [-0.4, -0.2) is 16.5 Å². The molecule has 1 aromatic rings. The molecule has 1 unspecified atom stereocenters. The molecule has 0 fully saturated rings. The first-order chi connectivity index (χ1) is 8.75. The predicted octanol–water partition coefficient (Wildman–Crippen LogP) is 2.96. The van der Waals surface area contributed by atoms with E-state index < -0.39 is 4.92 Å². The summed E-state index contributed by atoms with van der Waals surface area (Å²) in [6.45, 7) is 8.99. The van der Waals surface area contributed by atoms with E-state index in [0.717, 1.165) is 0 Å². The molecule has 0 saturated carbocycles. The van der Waals surface area contributed by atoms with Crippen molar-refractivity contribution in [3.8, 4) is 6.07 Å². The quantitative estimate of drug-likeness (QED) is 0.665. The van der Waals surface area contributed by atoms with Crippen LogP contribution < -0.4 is 5.32 Å². The van der Waals surface area contributed by atoms with Crippen LogP contribution in [0, 0.1) is 32.8 Å². The second-order valence-corrected chi connectivity index (χ2v) is 5.61. The summed E-state index contributed by atoms with van der Waals surface area (Å²) in [5.41, 5.74) is 0.121. The van der Waals surface area contributed by atoms with Crippen molar-refractivity contribution in [2.75, 3.05) is 11.9 Å². The van der Waals surface area contributed by atoms with Gasteiger partial charge >= 0.3 is 5.69 Å². The van der Waals surface area contributed by atoms with Crippen LogP contribution in [0.3, 0.4) is 0 Å². The molecular formula is C13H18N4O2. The third kappa shape index (κ3) is 3.91. The Bertz CT molecular complexity index is 514. The van der Waals surface area contributed by atoms with Gasteiger partial charge in [-0.15, -0.1) is 0 Å². The maximum absolute atomic E-state index is 10.9. The Morgan fingerprint density at radius 3 is 2.68 bits per heavy atom. The van der Waals surface area contributed by atoms with Gasteiger partial charge in [0.1, 0.15) is 6.07 Å². The molecule has 0 bridgehead atoms. The van der Waals surface area contributed by atoms with Crippen molar-refractivity contribution in [3.05, 3.63) is 27.9 Å². The highest BCUT2D eigenvalue weighted by Crippen LogP contribution is 2.27. The third-order valence-corrected chi connectivity index (χ3v) is 3.25. The van der Waals surface area contributed by atoms with Gasteiger partial charge in [-0.1, -0.05) is 27.7 Å². The van der Waals surface area contributed by atoms with Crippen molar-refractivity contribution < 1.29 is 4.92 Å². The van der Waals surface area contributed by atoms with Crippen molar-refractivity contribution in [2.45, 2.75) is 27.7 Å². The fraction of sp³-hybridized carbons (Fsp3) is 0.538. The van der Waals surface area contributed by atoms with Crippen LogP contribution >= 0.6 is 0 Å². The molecule has 0 saturated heterocycles. The van der Waals surface area contributed by atoms with Crippen LogP contribution in [0.15, 0.2) is 12.3 Å². The summed E-state index contributed by atoms with van der Waals surface area (Å²) in [5.74, 6) is 0.532. The summed E-state index contributed by atoms with van der Waals surface area (Å²) >= 11 is 0. The van der Waals surface area contributed by atoms with E-state index in [9.17, 15) is 10.1 Å². The number of nitro groups is 1. The molecule has 1 N–H and O–H groups in total. The van der Waals surface area contributed by atoms with E-state index in [2.05, 4.69) is 38.0 Å². The zero-order valence-electron chi connectivity index (χ0n) is 11.6. The highest BCUT2D eigenvalue weighted by molar-refractivity contribution is 5.58. The molecule has 1 aromatic heterocycles. The maximum atomic E-state index is 10.9. The number of nitrogens with one attached hydrogen (secondary N) is 1. The fourth-order valence-corrected chi connectivity index (χ4v) is 1.35. The molecule has 1 atom stereocenters. The number of hydrogen-bond acceptors (Lipinski definition) is 5. The molecule has 0 amide bonds. The van der Waals surface area contributed by atoms with E-state index >= 15 is 0 Å². The van der Waals surface area contributed by atoms with Gasteiger partial charge in [-0.2, -0.15) is 5.26 Å². The number of anilines is 1. The molecule has 0 radical (unpaired) electrons. The van der Waals surface area contributed by atoms with Crippen LogP contribution in [0.1, 0.15) is 33.3 Å². The molecule has 1 heterocycles. The van der Waals surface area contributed by atoms with E-state index in [0.29, 0.717) is 12.5 Å². The van der Waals surface area contributed by atoms with Crippen LogP contribution in [0.5, 0.6) is 0 Å². The Morgan fingerprint density at radius 1 is 1.58 bits per heavy atom. The lowest BCUT2D eigenvalue weighted by atomic mass is 9.82. The number of rotatable bonds is 4. The van der Waals surface area contributed by atoms with E-state index in [-0.39, 0.29) is 22.5 Å². The fourth-order valence-electron chi connectivity index (χ4n) is 1.35. The Hall–Kier alpha value is -2.16. The highest BCUT2D eigenvalue weighted by atomic mass is 16.6. The first-order valence-corrected chi connectivity index (χ1v) is 6.04. The summed E-state index contributed by atoms with van der Waals surface area (Å²) in [4.78, 5) is 14.4. The van der Waals surface area contributed by atoms with Gasteiger partial charge in [0, 0.05) is 18.8 Å². The van der Waals surface area contributed by atoms with Crippen molar-refractivity contribution in [2.24, 2.45) is 11.3 Å². The lowest BCUT2D eigenvalue weighted by Gasteiger charge is -2.27. The van der Waals surface area contributed by atoms with Gasteiger partial charge in [-0.3, -0.25) is 10.1 Å². The molecule has 6 nitrogen and oxygen atoms in total. The Balaban J connectivity index is 2.90. The van der Waals surface area contributed by atoms with Gasteiger partial charge < -0.3 is 5.32 Å². The molecule has 0 aromatic carbocycles. The zero-order chi connectivity index (χ0) is 14.6. The van der Waals surface area contributed by atoms with Gasteiger partial charge in [0.25, 0.3) is 0 Å². The lowest BCUT2D eigenvalue weighted by molar-refractivity contribution is -0.384. The Kier molecular flexibility index (Phi) is 4.43. The third-order valence-electron chi connectivity index (χ3n) is 3.25. The minimum atomic E-state index is -0.530. The van der Waals surface area contributed by atoms with E-state index in [1.165, 1.54) is 12.3 Å². The molecule has 19 heavy (non-hydrogen) atoms. The second kappa shape index (κ2) is 5.65. The average molecular weight is 262 g/mol. The summed E-state index contributed by atoms with van der Waals surface area (Å²) in [6.07, 6.45) is 1.33. The first kappa shape index (κ1) is 14.9. The topological polar surface area (TPSA) is 91.8 Å². The molecule has 102 valence electrons. The standard InChI is InChI=1S/C13H18N4O2/c1-9(13(2,3)4)7-15-12-11(17(18)19)5-10(6-14)8-16-12/h5,8-9H,7H2,1-4H3,(H,15,16). The molecule has 6 heteroatoms. The van der Waals surface area contributed by atoms with Crippen molar-refractivity contribution >= 4 is 11.5 Å². The van der Waals surface area contributed by atoms with E-state index in [1.807, 2.05) is 6.07 Å². The molecule has 0 spiro atoms. The number of aromatic nitrogens is 1. The zero-order valence-corrected chi connectivity index (χ0v) is 11.6. The number of hydrogen-bond donors (Lipinski definition) is 1. The van der Waals surface area contributed by atoms with Crippen LogP contribution in [0.4, 0.5) is 11.5 Å². The van der Waals surface area contributed by atoms with Crippen molar-refractivity contribution in [3.63, 3.8) is 0 Å². The van der Waals surface area contributed by atoms with Gasteiger partial charge in [0.2, 0.25) is 5.82 Å². The molecule has 0 aliphatic heterocycles. The first-order valence-electron chi connectivity index (χ1n) is 6.04. The second-order valence-electron chi connectivity index (χ2n) is 5.61. The average Bonchev–Trinajstić information content (AvgIpc) is 2.34. The predicted molar refractivity (Wildman–Crippen MR) is 72.7 cm³/mol. The van der Waals surface area contributed by atoms with Crippen molar-refractivity contribution in [1.29, 1.82) is 5.26 Å². The molecule has 1 rings (SSSR count). The van der Waals surface area contributed by atoms with Gasteiger partial charge in [0.05, 0.1) is 10.5 Å². The van der Waals surface area contributed by atoms with Crippen LogP contribution in [0.25, 0.3) is 0 Å². The number of nitriles is 1. The maximum Gasteiger partial charge on any atom is 0.312 e. The largest absolute Gasteiger partial charge is 0.364 e. The summed E-state index contributed by atoms with van der Waals surface area (Å²) in [5, 5.41) is 22.7. The number of nitrogens with zero attached hydrogens (tertiary/aromatic N) is 3. The SMILES string of the molecule is CC(CNc1ncc(C#N)cc1[N+](=O)[O-])C(C)(C)C. The smallest absolute Gasteiger partial charge is 0.312 e. The summed E-state index contributed by atoms with van der Waals surface area (Å²) < 4.78 is 0. The van der Waals surface area contributed by atoms with E-state index in [4.69, 9.17) is 5.26 Å². The van der Waals surface area contributed by atoms with Crippen LogP contribution in [-0.2, 0) is 0 Å². The minimum Gasteiger partial charge on any atom is -0.364 e. The number of pyridine rings is 1. The van der Waals surface area contributed by atoms with Crippen molar-refractivity contribution in [1.82, 2.24) is 4.98 Å². The summed E-state index contributed by atoms with van der Waals surface area (Å²) in [6, 6.07) is 3.08. The van der Waals surface area contributed by atoms with E-state index in [1.54, 1.807) is 0 Å². The molecular weight excluding hydrogens is 244 g/mol. The normalized spacial score (nSPS) is 12.6. The van der Waals surface area contributed by atoms with Gasteiger partial charge in [0.15, 0.2) is 0 Å². The van der Waals surface area contributed by atoms with Gasteiger partial charge in [-0.05, 0) is 11.3 Å². The molecule has 0 aliphatic rings. The lowest BCUT2D eigenvalue weighted by Crippen LogP contribution is -2.25. The molecule has 0 aliphatic carbocycles. The van der Waals surface area contributed by atoms with Gasteiger partial charge in [-0.25, -0.2) is 4.98 Å². The Morgan fingerprint density at radius 2 is 2.21 bits per heavy atom. The minimum absolute atomic E-state index is 0.106. The Labute approximate surface area is 112 Å². The summed E-state index contributed by atoms with van der Waals surface area (Å²) in [7, 11) is 0. The van der Waals surface area contributed by atoms with Crippen LogP contribution in [0.2, 0.25) is 0 Å².